The summed E-state index contributed by atoms with van der Waals surface area (Å²) in [7, 11) is 0. The first-order valence-corrected chi connectivity index (χ1v) is 7.18. The van der Waals surface area contributed by atoms with E-state index in [0.29, 0.717) is 12.2 Å². The van der Waals surface area contributed by atoms with Gasteiger partial charge in [0.25, 0.3) is 5.91 Å². The molecule has 0 heterocycles. The molecule has 1 aromatic rings. The average Bonchev–Trinajstić information content (AvgIpc) is 2.41. The molecule has 0 unspecified atom stereocenters. The van der Waals surface area contributed by atoms with Crippen molar-refractivity contribution in [3.63, 3.8) is 0 Å². The Morgan fingerprint density at radius 3 is 2.55 bits per heavy atom. The van der Waals surface area contributed by atoms with Crippen molar-refractivity contribution in [1.82, 2.24) is 4.90 Å². The molecule has 1 rings (SSSR count). The monoisotopic (exact) mass is 301 g/mol. The summed E-state index contributed by atoms with van der Waals surface area (Å²) >= 11 is 0. The molecule has 0 aromatic heterocycles. The van der Waals surface area contributed by atoms with Crippen LogP contribution in [0.1, 0.15) is 33.3 Å². The van der Waals surface area contributed by atoms with Crippen LogP contribution in [0.2, 0.25) is 0 Å². The Morgan fingerprint density at radius 1 is 1.45 bits per heavy atom. The van der Waals surface area contributed by atoms with E-state index in [-0.39, 0.29) is 16.9 Å². The third-order valence-electron chi connectivity index (χ3n) is 3.31. The van der Waals surface area contributed by atoms with Crippen LogP contribution in [0.25, 0.3) is 0 Å². The Labute approximate surface area is 131 Å². The molecule has 1 amide bonds. The van der Waals surface area contributed by atoms with E-state index in [1.807, 2.05) is 38.7 Å². The Morgan fingerprint density at radius 2 is 2.09 bits per heavy atom. The first kappa shape index (κ1) is 17.6. The zero-order valence-corrected chi connectivity index (χ0v) is 13.8. The van der Waals surface area contributed by atoms with Crippen LogP contribution < -0.4 is 5.32 Å². The number of aryl methyl sites for hydroxylation is 1. The summed E-state index contributed by atoms with van der Waals surface area (Å²) in [6, 6.07) is 6.60. The molecule has 0 spiro atoms. The Bertz CT molecular complexity index is 622. The SMILES string of the molecule is CCN(/C=C(/C#N)C(=O)Nc1ccc(O)cc1C)C(C)(C)C. The molecule has 0 aliphatic carbocycles. The summed E-state index contributed by atoms with van der Waals surface area (Å²) in [5.41, 5.74) is 1.17. The molecule has 0 fully saturated rings. The smallest absolute Gasteiger partial charge is 0.267 e. The summed E-state index contributed by atoms with van der Waals surface area (Å²) in [5.74, 6) is -0.324. The number of nitriles is 1. The molecule has 0 saturated carbocycles. The third-order valence-corrected chi connectivity index (χ3v) is 3.31. The van der Waals surface area contributed by atoms with E-state index in [0.717, 1.165) is 5.56 Å². The van der Waals surface area contributed by atoms with Gasteiger partial charge in [-0.1, -0.05) is 0 Å². The standard InChI is InChI=1S/C17H23N3O2/c1-6-20(17(3,4)5)11-13(10-18)16(22)19-15-8-7-14(21)9-12(15)2/h7-9,11,21H,6H2,1-5H3,(H,19,22)/b13-11-. The van der Waals surface area contributed by atoms with Crippen LogP contribution in [-0.4, -0.2) is 28.0 Å². The summed E-state index contributed by atoms with van der Waals surface area (Å²) in [6.45, 7) is 10.5. The molecule has 22 heavy (non-hydrogen) atoms. The van der Waals surface area contributed by atoms with E-state index in [9.17, 15) is 15.2 Å². The fourth-order valence-corrected chi connectivity index (χ4v) is 2.03. The number of nitrogens with one attached hydrogen (secondary N) is 1. The van der Waals surface area contributed by atoms with Crippen LogP contribution >= 0.6 is 0 Å². The number of aromatic hydroxyl groups is 1. The first-order valence-electron chi connectivity index (χ1n) is 7.18. The second-order valence-electron chi connectivity index (χ2n) is 6.06. The molecule has 5 nitrogen and oxygen atoms in total. The van der Waals surface area contributed by atoms with E-state index in [1.165, 1.54) is 6.07 Å². The van der Waals surface area contributed by atoms with Crippen LogP contribution in [-0.2, 0) is 4.79 Å². The number of carbonyl (C=O) groups excluding carboxylic acids is 1. The van der Waals surface area contributed by atoms with Gasteiger partial charge in [0.15, 0.2) is 0 Å². The van der Waals surface area contributed by atoms with Crippen molar-refractivity contribution in [2.75, 3.05) is 11.9 Å². The van der Waals surface area contributed by atoms with Gasteiger partial charge in [-0.05, 0) is 58.4 Å². The van der Waals surface area contributed by atoms with Crippen LogP contribution in [0.4, 0.5) is 5.69 Å². The Kier molecular flexibility index (Phi) is 5.58. The van der Waals surface area contributed by atoms with Crippen molar-refractivity contribution in [3.8, 4) is 11.8 Å². The predicted octanol–water partition coefficient (Wildman–Crippen LogP) is 3.17. The minimum absolute atomic E-state index is 0.0456. The van der Waals surface area contributed by atoms with Crippen LogP contribution in [0.3, 0.4) is 0 Å². The van der Waals surface area contributed by atoms with Gasteiger partial charge < -0.3 is 15.3 Å². The highest BCUT2D eigenvalue weighted by Gasteiger charge is 2.19. The quantitative estimate of drug-likeness (QED) is 0.509. The van der Waals surface area contributed by atoms with Gasteiger partial charge in [-0.2, -0.15) is 5.26 Å². The van der Waals surface area contributed by atoms with Gasteiger partial charge >= 0.3 is 0 Å². The largest absolute Gasteiger partial charge is 0.508 e. The van der Waals surface area contributed by atoms with Crippen molar-refractivity contribution in [3.05, 3.63) is 35.5 Å². The topological polar surface area (TPSA) is 76.4 Å². The number of carbonyl (C=O) groups is 1. The molecular formula is C17H23N3O2. The van der Waals surface area contributed by atoms with Crippen molar-refractivity contribution in [1.29, 1.82) is 5.26 Å². The van der Waals surface area contributed by atoms with E-state index in [4.69, 9.17) is 0 Å². The number of phenols is 1. The number of anilines is 1. The maximum Gasteiger partial charge on any atom is 0.267 e. The van der Waals surface area contributed by atoms with Crippen molar-refractivity contribution in [2.45, 2.75) is 40.2 Å². The molecule has 118 valence electrons. The summed E-state index contributed by atoms with van der Waals surface area (Å²) in [4.78, 5) is 14.2. The van der Waals surface area contributed by atoms with Gasteiger partial charge in [0.1, 0.15) is 17.4 Å². The summed E-state index contributed by atoms with van der Waals surface area (Å²) < 4.78 is 0. The molecule has 1 aromatic carbocycles. The molecule has 0 aliphatic heterocycles. The van der Waals surface area contributed by atoms with Gasteiger partial charge in [0, 0.05) is 24.0 Å². The summed E-state index contributed by atoms with van der Waals surface area (Å²) in [5, 5.41) is 21.3. The highest BCUT2D eigenvalue weighted by atomic mass is 16.3. The number of rotatable bonds is 4. The highest BCUT2D eigenvalue weighted by Crippen LogP contribution is 2.21. The molecule has 2 N–H and O–H groups in total. The van der Waals surface area contributed by atoms with Gasteiger partial charge in [0.2, 0.25) is 0 Å². The van der Waals surface area contributed by atoms with Crippen molar-refractivity contribution >= 4 is 11.6 Å². The molecular weight excluding hydrogens is 278 g/mol. The van der Waals surface area contributed by atoms with Crippen LogP contribution in [0, 0.1) is 18.3 Å². The summed E-state index contributed by atoms with van der Waals surface area (Å²) in [6.07, 6.45) is 1.59. The normalized spacial score (nSPS) is 11.7. The highest BCUT2D eigenvalue weighted by molar-refractivity contribution is 6.06. The van der Waals surface area contributed by atoms with Gasteiger partial charge in [0.05, 0.1) is 0 Å². The maximum absolute atomic E-state index is 12.3. The molecule has 0 bridgehead atoms. The minimum Gasteiger partial charge on any atom is -0.508 e. The van der Waals surface area contributed by atoms with E-state index >= 15 is 0 Å². The average molecular weight is 301 g/mol. The van der Waals surface area contributed by atoms with Gasteiger partial charge in [-0.25, -0.2) is 0 Å². The maximum atomic E-state index is 12.3. The van der Waals surface area contributed by atoms with E-state index in [1.54, 1.807) is 25.3 Å². The van der Waals surface area contributed by atoms with Crippen LogP contribution in [0.5, 0.6) is 5.75 Å². The first-order chi connectivity index (χ1) is 10.2. The number of hydrogen-bond acceptors (Lipinski definition) is 4. The lowest BCUT2D eigenvalue weighted by Gasteiger charge is -2.33. The predicted molar refractivity (Wildman–Crippen MR) is 87.3 cm³/mol. The van der Waals surface area contributed by atoms with Crippen LogP contribution in [0.15, 0.2) is 30.0 Å². The second kappa shape index (κ2) is 6.99. The molecule has 5 heteroatoms. The zero-order chi connectivity index (χ0) is 16.9. The Balaban J connectivity index is 3.00. The fourth-order valence-electron chi connectivity index (χ4n) is 2.03. The van der Waals surface area contributed by atoms with Gasteiger partial charge in [-0.3, -0.25) is 4.79 Å². The zero-order valence-electron chi connectivity index (χ0n) is 13.8. The van der Waals surface area contributed by atoms with Crippen molar-refractivity contribution < 1.29 is 9.90 Å². The van der Waals surface area contributed by atoms with Crippen molar-refractivity contribution in [2.24, 2.45) is 0 Å². The fraction of sp³-hybridized carbons (Fsp3) is 0.412. The van der Waals surface area contributed by atoms with E-state index in [2.05, 4.69) is 5.32 Å². The van der Waals surface area contributed by atoms with Gasteiger partial charge in [-0.15, -0.1) is 0 Å². The number of phenolic OH excluding ortho intramolecular Hbond substituents is 1. The number of nitrogens with zero attached hydrogens (tertiary/aromatic N) is 2. The molecule has 0 saturated heterocycles. The number of benzene rings is 1. The number of hydrogen-bond donors (Lipinski definition) is 2. The van der Waals surface area contributed by atoms with E-state index < -0.39 is 5.91 Å². The lowest BCUT2D eigenvalue weighted by atomic mass is 10.1. The number of amides is 1. The lowest BCUT2D eigenvalue weighted by molar-refractivity contribution is -0.112. The minimum atomic E-state index is -0.459. The second-order valence-corrected chi connectivity index (χ2v) is 6.06. The molecule has 0 aliphatic rings. The molecule has 0 radical (unpaired) electrons. The molecule has 0 atom stereocenters. The Hall–Kier alpha value is -2.48. The lowest BCUT2D eigenvalue weighted by Crippen LogP contribution is -2.37. The third kappa shape index (κ3) is 4.52.